The van der Waals surface area contributed by atoms with E-state index >= 15 is 0 Å². The van der Waals surface area contributed by atoms with Crippen LogP contribution in [0.4, 0.5) is 0 Å². The first-order chi connectivity index (χ1) is 16.0. The van der Waals surface area contributed by atoms with Crippen LogP contribution in [0.5, 0.6) is 0 Å². The second-order valence-corrected chi connectivity index (χ2v) is 14.1. The molecule has 0 saturated heterocycles. The minimum atomic E-state index is -3.58. The van der Waals surface area contributed by atoms with Crippen LogP contribution in [0.25, 0.3) is 0 Å². The Kier molecular flexibility index (Phi) is 7.56. The second kappa shape index (κ2) is 9.84. The van der Waals surface area contributed by atoms with Crippen molar-refractivity contribution in [1.29, 1.82) is 0 Å². The number of sulfonamides is 1. The number of hydrogen-bond acceptors (Lipinski definition) is 4. The van der Waals surface area contributed by atoms with Gasteiger partial charge >= 0.3 is 0 Å². The van der Waals surface area contributed by atoms with Gasteiger partial charge in [-0.15, -0.1) is 0 Å². The zero-order valence-electron chi connectivity index (χ0n) is 21.9. The van der Waals surface area contributed by atoms with E-state index in [1.165, 1.54) is 12.8 Å². The molecule has 0 aromatic heterocycles. The molecule has 0 aliphatic heterocycles. The highest BCUT2D eigenvalue weighted by Crippen LogP contribution is 2.65. The molecule has 4 fully saturated rings. The lowest BCUT2D eigenvalue weighted by molar-refractivity contribution is -0.487. The number of nitrogens with zero attached hydrogens (tertiary/aromatic N) is 2. The molecule has 0 spiro atoms. The molecule has 4 rings (SSSR count). The van der Waals surface area contributed by atoms with Crippen LogP contribution in [-0.4, -0.2) is 52.8 Å². The molecule has 7 heteroatoms. The molecule has 4 aliphatic carbocycles. The highest BCUT2D eigenvalue weighted by atomic mass is 32.2. The quantitative estimate of drug-likeness (QED) is 0.256. The number of hydrogen-bond donors (Lipinski definition) is 0. The van der Waals surface area contributed by atoms with E-state index in [0.717, 1.165) is 68.9 Å². The van der Waals surface area contributed by atoms with Crippen molar-refractivity contribution < 1.29 is 18.0 Å². The van der Waals surface area contributed by atoms with Gasteiger partial charge in [0.25, 0.3) is 0 Å². The minimum Gasteiger partial charge on any atom is -0.623 e. The summed E-state index contributed by atoms with van der Waals surface area (Å²) in [5, 5.41) is 13.5. The third-order valence-electron chi connectivity index (χ3n) is 10.2. The summed E-state index contributed by atoms with van der Waals surface area (Å²) < 4.78 is 31.7. The molecule has 2 bridgehead atoms. The number of ketones is 1. The third-order valence-corrected chi connectivity index (χ3v) is 12.3. The van der Waals surface area contributed by atoms with Gasteiger partial charge in [-0.2, -0.15) is 4.31 Å². The molecule has 34 heavy (non-hydrogen) atoms. The topological polar surface area (TPSA) is 80.5 Å². The number of fused-ring (bicyclic) bond motifs is 2. The maximum absolute atomic E-state index is 14.4. The molecule has 4 saturated carbocycles. The Hall–Kier alpha value is -0.950. The van der Waals surface area contributed by atoms with E-state index in [9.17, 15) is 18.4 Å². The Morgan fingerprint density at radius 3 is 2.03 bits per heavy atom. The third kappa shape index (κ3) is 4.38. The Bertz CT molecular complexity index is 882. The summed E-state index contributed by atoms with van der Waals surface area (Å²) in [5.74, 6) is 0.250. The number of hydroxylamine groups is 1. The van der Waals surface area contributed by atoms with E-state index in [2.05, 4.69) is 13.8 Å². The van der Waals surface area contributed by atoms with Gasteiger partial charge in [0.15, 0.2) is 5.71 Å². The highest BCUT2D eigenvalue weighted by Gasteiger charge is 2.68. The molecule has 0 aromatic rings. The molecule has 0 radical (unpaired) electrons. The lowest BCUT2D eigenvalue weighted by Crippen LogP contribution is -2.54. The number of Topliss-reactive ketones (excluding diaryl/α,β-unsaturated/α-hetero) is 1. The molecule has 0 amide bonds. The fraction of sp³-hybridized carbons (Fsp3) is 0.926. The molecule has 0 heterocycles. The van der Waals surface area contributed by atoms with E-state index in [-0.39, 0.29) is 29.0 Å². The Morgan fingerprint density at radius 2 is 1.56 bits per heavy atom. The molecule has 4 aliphatic rings. The fourth-order valence-electron chi connectivity index (χ4n) is 7.91. The standard InChI is InChI=1S/C27H46N2O4S/c1-5-24(30)20(2)28(31)25-18-21-16-17-27(25,26(21,3)4)19-34(32,33)29(22-12-8-6-9-13-22)23-14-10-7-11-15-23/h20-23H,5-19H2,1-4H3/b28-25-/t20-,21-,27-/m1/s1. The molecular formula is C27H46N2O4S. The van der Waals surface area contributed by atoms with Crippen molar-refractivity contribution in [2.45, 2.75) is 136 Å². The van der Waals surface area contributed by atoms with Gasteiger partial charge in [0.1, 0.15) is 0 Å². The molecule has 0 aromatic carbocycles. The van der Waals surface area contributed by atoms with Crippen LogP contribution in [0.15, 0.2) is 0 Å². The largest absolute Gasteiger partial charge is 0.623 e. The van der Waals surface area contributed by atoms with Crippen molar-refractivity contribution in [2.24, 2.45) is 16.7 Å². The molecule has 0 N–H and O–H groups in total. The summed E-state index contributed by atoms with van der Waals surface area (Å²) in [6.45, 7) is 7.80. The van der Waals surface area contributed by atoms with Gasteiger partial charge in [-0.3, -0.25) is 4.79 Å². The maximum atomic E-state index is 14.4. The SMILES string of the molecule is CCC(=O)[C@@H](C)/[N+]([O-])=C1\C[C@H]2CC[C@]1(CS(=O)(=O)N(C1CCCCC1)C1CCCCC1)C2(C)C. The summed E-state index contributed by atoms with van der Waals surface area (Å²) in [5.41, 5.74) is -0.265. The predicted molar refractivity (Wildman–Crippen MR) is 136 cm³/mol. The van der Waals surface area contributed by atoms with Gasteiger partial charge in [0.2, 0.25) is 21.8 Å². The summed E-state index contributed by atoms with van der Waals surface area (Å²) in [4.78, 5) is 12.4. The van der Waals surface area contributed by atoms with E-state index in [0.29, 0.717) is 24.5 Å². The number of carbonyl (C=O) groups is 1. The summed E-state index contributed by atoms with van der Waals surface area (Å²) >= 11 is 0. The van der Waals surface area contributed by atoms with Crippen molar-refractivity contribution in [3.8, 4) is 0 Å². The van der Waals surface area contributed by atoms with Gasteiger partial charge in [-0.1, -0.05) is 59.3 Å². The molecule has 3 atom stereocenters. The van der Waals surface area contributed by atoms with Gasteiger partial charge in [0.05, 0.1) is 11.2 Å². The number of carbonyl (C=O) groups excluding carboxylic acids is 1. The first-order valence-corrected chi connectivity index (χ1v) is 15.5. The molecular weight excluding hydrogens is 448 g/mol. The molecule has 194 valence electrons. The van der Waals surface area contributed by atoms with Gasteiger partial charge < -0.3 is 5.21 Å². The summed E-state index contributed by atoms with van der Waals surface area (Å²) in [6, 6.07) is -0.540. The van der Waals surface area contributed by atoms with Crippen LogP contribution in [-0.2, 0) is 14.8 Å². The Morgan fingerprint density at radius 1 is 1.03 bits per heavy atom. The Labute approximate surface area is 207 Å². The lowest BCUT2D eigenvalue weighted by atomic mass is 9.70. The van der Waals surface area contributed by atoms with Gasteiger partial charge in [-0.25, -0.2) is 13.2 Å². The first-order valence-electron chi connectivity index (χ1n) is 13.9. The fourth-order valence-corrected chi connectivity index (χ4v) is 10.7. The van der Waals surface area contributed by atoms with Crippen LogP contribution < -0.4 is 0 Å². The van der Waals surface area contributed by atoms with Crippen LogP contribution in [0.1, 0.15) is 118 Å². The zero-order valence-corrected chi connectivity index (χ0v) is 22.7. The average Bonchev–Trinajstić information content (AvgIpc) is 3.18. The van der Waals surface area contributed by atoms with Crippen LogP contribution in [0.2, 0.25) is 0 Å². The van der Waals surface area contributed by atoms with Gasteiger partial charge in [-0.05, 0) is 49.9 Å². The normalized spacial score (nSPS) is 32.8. The van der Waals surface area contributed by atoms with Crippen molar-refractivity contribution in [3.05, 3.63) is 5.21 Å². The first kappa shape index (κ1) is 26.1. The smallest absolute Gasteiger partial charge is 0.218 e. The Balaban J connectivity index is 1.73. The zero-order chi connectivity index (χ0) is 24.7. The predicted octanol–water partition coefficient (Wildman–Crippen LogP) is 5.43. The minimum absolute atomic E-state index is 0.0254. The lowest BCUT2D eigenvalue weighted by Gasteiger charge is -2.44. The van der Waals surface area contributed by atoms with E-state index in [1.807, 2.05) is 4.31 Å². The number of rotatable bonds is 8. The van der Waals surface area contributed by atoms with Crippen molar-refractivity contribution in [3.63, 3.8) is 0 Å². The van der Waals surface area contributed by atoms with Crippen LogP contribution >= 0.6 is 0 Å². The van der Waals surface area contributed by atoms with Crippen molar-refractivity contribution in [1.82, 2.24) is 4.31 Å². The monoisotopic (exact) mass is 494 g/mol. The second-order valence-electron chi connectivity index (χ2n) is 12.2. The average molecular weight is 495 g/mol. The van der Waals surface area contributed by atoms with Crippen LogP contribution in [0, 0.1) is 22.0 Å². The highest BCUT2D eigenvalue weighted by molar-refractivity contribution is 7.89. The van der Waals surface area contributed by atoms with E-state index < -0.39 is 21.5 Å². The summed E-state index contributed by atoms with van der Waals surface area (Å²) in [7, 11) is -3.58. The van der Waals surface area contributed by atoms with E-state index in [1.54, 1.807) is 13.8 Å². The van der Waals surface area contributed by atoms with Crippen molar-refractivity contribution >= 4 is 21.5 Å². The maximum Gasteiger partial charge on any atom is 0.218 e. The van der Waals surface area contributed by atoms with Crippen LogP contribution in [0.3, 0.4) is 0 Å². The summed E-state index contributed by atoms with van der Waals surface area (Å²) in [6.07, 6.45) is 13.3. The van der Waals surface area contributed by atoms with E-state index in [4.69, 9.17) is 0 Å². The van der Waals surface area contributed by atoms with Gasteiger partial charge in [0, 0.05) is 31.8 Å². The molecule has 0 unspecified atom stereocenters. The molecule has 6 nitrogen and oxygen atoms in total. The van der Waals surface area contributed by atoms with Crippen molar-refractivity contribution in [2.75, 3.05) is 5.75 Å².